The molecule has 1 aromatic heterocycles. The van der Waals surface area contributed by atoms with Crippen LogP contribution in [0.15, 0.2) is 52.2 Å². The zero-order valence-electron chi connectivity index (χ0n) is 14.5. The maximum Gasteiger partial charge on any atom is 0.308 e. The first-order valence-corrected chi connectivity index (χ1v) is 10.8. The summed E-state index contributed by atoms with van der Waals surface area (Å²) in [7, 11) is -2.12. The van der Waals surface area contributed by atoms with E-state index in [0.717, 1.165) is 28.8 Å². The van der Waals surface area contributed by atoms with Crippen LogP contribution in [0.1, 0.15) is 18.9 Å². The molecular weight excluding hydrogens is 392 g/mol. The zero-order valence-corrected chi connectivity index (χ0v) is 16.9. The summed E-state index contributed by atoms with van der Waals surface area (Å²) in [6, 6.07) is 11.9. The van der Waals surface area contributed by atoms with Crippen LogP contribution in [-0.4, -0.2) is 24.3 Å². The number of aromatic nitrogens is 1. The van der Waals surface area contributed by atoms with Gasteiger partial charge in [-0.15, -0.1) is 0 Å². The molecule has 2 aromatic carbocycles. The van der Waals surface area contributed by atoms with Gasteiger partial charge in [0.15, 0.2) is 0 Å². The number of benzene rings is 2. The highest BCUT2D eigenvalue weighted by atomic mass is 35.5. The van der Waals surface area contributed by atoms with E-state index in [1.165, 1.54) is 4.31 Å². The van der Waals surface area contributed by atoms with Crippen molar-refractivity contribution in [3.8, 4) is 0 Å². The first-order valence-electron chi connectivity index (χ1n) is 8.17. The molecule has 0 fully saturated rings. The molecule has 0 spiro atoms. The van der Waals surface area contributed by atoms with Crippen LogP contribution >= 0.6 is 22.9 Å². The number of fused-ring (bicyclic) bond motifs is 1. The second kappa shape index (κ2) is 7.52. The predicted molar refractivity (Wildman–Crippen MR) is 106 cm³/mol. The molecule has 0 aliphatic rings. The molecule has 8 heteroatoms. The van der Waals surface area contributed by atoms with Crippen LogP contribution in [-0.2, 0) is 23.1 Å². The second-order valence-electron chi connectivity index (χ2n) is 6.04. The lowest BCUT2D eigenvalue weighted by Crippen LogP contribution is -2.26. The minimum absolute atomic E-state index is 0.0640. The molecule has 5 nitrogen and oxygen atoms in total. The van der Waals surface area contributed by atoms with Crippen LogP contribution in [0.5, 0.6) is 0 Å². The molecule has 0 radical (unpaired) electrons. The number of hydrogen-bond donors (Lipinski definition) is 0. The summed E-state index contributed by atoms with van der Waals surface area (Å²) in [4.78, 5) is 12.2. The molecule has 0 amide bonds. The van der Waals surface area contributed by atoms with Crippen LogP contribution in [0.2, 0.25) is 5.02 Å². The van der Waals surface area contributed by atoms with Gasteiger partial charge < -0.3 is 0 Å². The van der Waals surface area contributed by atoms with Crippen LogP contribution in [0.3, 0.4) is 0 Å². The Morgan fingerprint density at radius 2 is 1.85 bits per heavy atom. The minimum atomic E-state index is -3.66. The van der Waals surface area contributed by atoms with Crippen molar-refractivity contribution in [1.82, 2.24) is 8.87 Å². The number of rotatable bonds is 6. The van der Waals surface area contributed by atoms with Gasteiger partial charge in [-0.05, 0) is 42.3 Å². The Morgan fingerprint density at radius 3 is 2.50 bits per heavy atom. The third-order valence-corrected chi connectivity index (χ3v) is 7.11. The summed E-state index contributed by atoms with van der Waals surface area (Å²) in [5, 5.41) is 0.608. The average molecular weight is 411 g/mol. The number of aryl methyl sites for hydroxylation is 1. The Balaban J connectivity index is 1.93. The number of nitrogens with zero attached hydrogens (tertiary/aromatic N) is 2. The van der Waals surface area contributed by atoms with E-state index in [1.54, 1.807) is 54.1 Å². The second-order valence-corrected chi connectivity index (χ2v) is 9.51. The Hall–Kier alpha value is -1.67. The summed E-state index contributed by atoms with van der Waals surface area (Å²) in [6.45, 7) is 2.87. The lowest BCUT2D eigenvalue weighted by Gasteiger charge is -2.17. The molecule has 26 heavy (non-hydrogen) atoms. The topological polar surface area (TPSA) is 59.4 Å². The average Bonchev–Trinajstić information content (AvgIpc) is 2.92. The maximum atomic E-state index is 12.9. The summed E-state index contributed by atoms with van der Waals surface area (Å²) in [6.07, 6.45) is 0.843. The molecule has 3 aromatic rings. The molecule has 0 saturated heterocycles. The van der Waals surface area contributed by atoms with Crippen molar-refractivity contribution in [2.45, 2.75) is 31.3 Å². The Kier molecular flexibility index (Phi) is 5.53. The van der Waals surface area contributed by atoms with Crippen molar-refractivity contribution in [2.75, 3.05) is 7.05 Å². The van der Waals surface area contributed by atoms with E-state index < -0.39 is 10.0 Å². The van der Waals surface area contributed by atoms with Crippen molar-refractivity contribution >= 4 is 43.2 Å². The summed E-state index contributed by atoms with van der Waals surface area (Å²) in [5.41, 5.74) is 1.63. The molecule has 0 aliphatic carbocycles. The third kappa shape index (κ3) is 3.71. The van der Waals surface area contributed by atoms with Crippen molar-refractivity contribution in [1.29, 1.82) is 0 Å². The van der Waals surface area contributed by atoms with E-state index >= 15 is 0 Å². The monoisotopic (exact) mass is 410 g/mol. The standard InChI is InChI=1S/C18H19ClN2O3S2/c1-3-10-21-16-9-8-15(11-17(16)25-18(21)22)26(23,24)20(2)12-13-4-6-14(19)7-5-13/h4-9,11H,3,10,12H2,1-2H3. The summed E-state index contributed by atoms with van der Waals surface area (Å²) >= 11 is 6.94. The molecule has 1 heterocycles. The summed E-state index contributed by atoms with van der Waals surface area (Å²) in [5.74, 6) is 0. The van der Waals surface area contributed by atoms with Crippen LogP contribution < -0.4 is 4.87 Å². The van der Waals surface area contributed by atoms with Gasteiger partial charge in [0.1, 0.15) is 0 Å². The van der Waals surface area contributed by atoms with Crippen molar-refractivity contribution in [3.05, 3.63) is 62.7 Å². The van der Waals surface area contributed by atoms with Gasteiger partial charge in [0.25, 0.3) is 0 Å². The quantitative estimate of drug-likeness (QED) is 0.618. The van der Waals surface area contributed by atoms with Gasteiger partial charge >= 0.3 is 4.87 Å². The molecule has 0 aliphatic heterocycles. The van der Waals surface area contributed by atoms with Gasteiger partial charge in [0.05, 0.1) is 15.1 Å². The SMILES string of the molecule is CCCn1c(=O)sc2cc(S(=O)(=O)N(C)Cc3ccc(Cl)cc3)ccc21. The Labute approximate surface area is 161 Å². The van der Waals surface area contributed by atoms with Crippen LogP contribution in [0.25, 0.3) is 10.2 Å². The molecule has 3 rings (SSSR count). The minimum Gasteiger partial charge on any atom is -0.299 e. The van der Waals surface area contributed by atoms with E-state index in [0.29, 0.717) is 16.3 Å². The Bertz CT molecular complexity index is 1090. The molecule has 0 unspecified atom stereocenters. The van der Waals surface area contributed by atoms with E-state index in [-0.39, 0.29) is 16.3 Å². The highest BCUT2D eigenvalue weighted by Gasteiger charge is 2.22. The number of thiazole rings is 1. The molecule has 0 N–H and O–H groups in total. The smallest absolute Gasteiger partial charge is 0.299 e. The lowest BCUT2D eigenvalue weighted by atomic mass is 10.2. The first-order chi connectivity index (χ1) is 12.3. The largest absolute Gasteiger partial charge is 0.308 e. The van der Waals surface area contributed by atoms with Crippen LogP contribution in [0, 0.1) is 0 Å². The first kappa shape index (κ1) is 19.1. The third-order valence-electron chi connectivity index (χ3n) is 4.11. The van der Waals surface area contributed by atoms with E-state index in [1.807, 2.05) is 6.92 Å². The fourth-order valence-corrected chi connectivity index (χ4v) is 5.10. The van der Waals surface area contributed by atoms with Gasteiger partial charge in [-0.3, -0.25) is 9.36 Å². The van der Waals surface area contributed by atoms with E-state index in [2.05, 4.69) is 0 Å². The van der Waals surface area contributed by atoms with Gasteiger partial charge in [0, 0.05) is 25.2 Å². The molecule has 0 atom stereocenters. The van der Waals surface area contributed by atoms with Gasteiger partial charge in [-0.25, -0.2) is 8.42 Å². The lowest BCUT2D eigenvalue weighted by molar-refractivity contribution is 0.467. The van der Waals surface area contributed by atoms with Gasteiger partial charge in [-0.2, -0.15) is 4.31 Å². The van der Waals surface area contributed by atoms with E-state index in [9.17, 15) is 13.2 Å². The molecule has 0 saturated carbocycles. The van der Waals surface area contributed by atoms with E-state index in [4.69, 9.17) is 11.6 Å². The fraction of sp³-hybridized carbons (Fsp3) is 0.278. The van der Waals surface area contributed by atoms with Crippen LogP contribution in [0.4, 0.5) is 0 Å². The highest BCUT2D eigenvalue weighted by molar-refractivity contribution is 7.89. The predicted octanol–water partition coefficient (Wildman–Crippen LogP) is 3.95. The zero-order chi connectivity index (χ0) is 18.9. The maximum absolute atomic E-state index is 12.9. The Morgan fingerprint density at radius 1 is 1.15 bits per heavy atom. The van der Waals surface area contributed by atoms with Crippen molar-refractivity contribution < 1.29 is 8.42 Å². The highest BCUT2D eigenvalue weighted by Crippen LogP contribution is 2.24. The van der Waals surface area contributed by atoms with Crippen molar-refractivity contribution in [3.63, 3.8) is 0 Å². The normalized spacial score (nSPS) is 12.2. The summed E-state index contributed by atoms with van der Waals surface area (Å²) < 4.78 is 29.4. The van der Waals surface area contributed by atoms with Gasteiger partial charge in [0.2, 0.25) is 10.0 Å². The van der Waals surface area contributed by atoms with Gasteiger partial charge in [-0.1, -0.05) is 42.0 Å². The number of hydrogen-bond acceptors (Lipinski definition) is 4. The molecule has 138 valence electrons. The molecule has 0 bridgehead atoms. The number of sulfonamides is 1. The van der Waals surface area contributed by atoms with Crippen molar-refractivity contribution in [2.24, 2.45) is 0 Å². The fourth-order valence-electron chi connectivity index (χ4n) is 2.75. The number of halogens is 1. The molecular formula is C18H19ClN2O3S2.